The Balaban J connectivity index is 2.11. The van der Waals surface area contributed by atoms with Crippen LogP contribution in [0.4, 0.5) is 5.13 Å². The average Bonchev–Trinajstić information content (AvgIpc) is 2.79. The third kappa shape index (κ3) is 3.16. The largest absolute Gasteiger partial charge is 0.362 e. The van der Waals surface area contributed by atoms with Crippen molar-refractivity contribution >= 4 is 16.5 Å². The van der Waals surface area contributed by atoms with Gasteiger partial charge in [0.1, 0.15) is 0 Å². The minimum absolute atomic E-state index is 0.0860. The van der Waals surface area contributed by atoms with Gasteiger partial charge in [0.15, 0.2) is 5.13 Å². The van der Waals surface area contributed by atoms with Crippen molar-refractivity contribution in [2.75, 3.05) is 11.9 Å². The highest BCUT2D eigenvalue weighted by Gasteiger charge is 2.04. The summed E-state index contributed by atoms with van der Waals surface area (Å²) in [5.41, 5.74) is 0.750. The Kier molecular flexibility index (Phi) is 4.09. The fourth-order valence-corrected chi connectivity index (χ4v) is 2.33. The van der Waals surface area contributed by atoms with E-state index in [0.29, 0.717) is 6.54 Å². The van der Waals surface area contributed by atoms with Crippen LogP contribution in [0.25, 0.3) is 0 Å². The third-order valence-electron chi connectivity index (χ3n) is 2.39. The molecule has 96 valence electrons. The van der Waals surface area contributed by atoms with Gasteiger partial charge in [0.25, 0.3) is 5.56 Å². The fraction of sp³-hybridized carbons (Fsp3) is 0.417. The first-order chi connectivity index (χ1) is 8.69. The minimum atomic E-state index is -0.0860. The lowest BCUT2D eigenvalue weighted by atomic mass is 10.4. The maximum Gasteiger partial charge on any atom is 0.267 e. The van der Waals surface area contributed by atoms with Crippen LogP contribution in [-0.4, -0.2) is 21.3 Å². The molecule has 0 saturated carbocycles. The normalized spacial score (nSPS) is 10.6. The Morgan fingerprint density at radius 2 is 2.28 bits per heavy atom. The molecule has 0 saturated heterocycles. The predicted molar refractivity (Wildman–Crippen MR) is 73.2 cm³/mol. The zero-order valence-corrected chi connectivity index (χ0v) is 11.3. The van der Waals surface area contributed by atoms with E-state index in [1.165, 1.54) is 4.68 Å². The molecule has 0 amide bonds. The van der Waals surface area contributed by atoms with Gasteiger partial charge in [-0.1, -0.05) is 6.92 Å². The molecule has 0 aliphatic carbocycles. The first-order valence-electron chi connectivity index (χ1n) is 5.92. The molecule has 2 heterocycles. The van der Waals surface area contributed by atoms with Crippen molar-refractivity contribution in [2.24, 2.45) is 0 Å². The Morgan fingerprint density at radius 1 is 1.44 bits per heavy atom. The van der Waals surface area contributed by atoms with Crippen molar-refractivity contribution in [3.63, 3.8) is 0 Å². The number of thiazole rings is 1. The Morgan fingerprint density at radius 3 is 3.06 bits per heavy atom. The summed E-state index contributed by atoms with van der Waals surface area (Å²) in [6.45, 7) is 5.37. The van der Waals surface area contributed by atoms with Crippen molar-refractivity contribution < 1.29 is 0 Å². The van der Waals surface area contributed by atoms with Crippen LogP contribution in [-0.2, 0) is 6.54 Å². The maximum atomic E-state index is 11.6. The van der Waals surface area contributed by atoms with Gasteiger partial charge in [-0.2, -0.15) is 5.10 Å². The van der Waals surface area contributed by atoms with E-state index in [1.807, 2.05) is 6.92 Å². The second-order valence-electron chi connectivity index (χ2n) is 4.03. The lowest BCUT2D eigenvalue weighted by molar-refractivity contribution is 0.633. The molecule has 1 N–H and O–H groups in total. The number of rotatable bonds is 5. The molecule has 0 bridgehead atoms. The molecule has 0 unspecified atom stereocenters. The molecule has 6 heteroatoms. The lowest BCUT2D eigenvalue weighted by Gasteiger charge is -2.02. The second kappa shape index (κ2) is 5.77. The van der Waals surface area contributed by atoms with Crippen molar-refractivity contribution in [1.82, 2.24) is 14.8 Å². The molecule has 18 heavy (non-hydrogen) atoms. The van der Waals surface area contributed by atoms with E-state index in [4.69, 9.17) is 0 Å². The standard InChI is InChI=1S/C12H16N4OS/c1-3-6-13-12-14-7-10(18-12)8-16-11(17)5-4-9(2)15-16/h4-5,7H,3,6,8H2,1-2H3,(H,13,14). The highest BCUT2D eigenvalue weighted by atomic mass is 32.1. The predicted octanol–water partition coefficient (Wildman–Crippen LogP) is 1.88. The van der Waals surface area contributed by atoms with Crippen molar-refractivity contribution in [3.8, 4) is 0 Å². The van der Waals surface area contributed by atoms with Gasteiger partial charge in [-0.05, 0) is 19.4 Å². The maximum absolute atomic E-state index is 11.6. The Hall–Kier alpha value is -1.69. The SMILES string of the molecule is CCCNc1ncc(Cn2nc(C)ccc2=O)s1. The zero-order valence-electron chi connectivity index (χ0n) is 10.5. The molecule has 0 aliphatic heterocycles. The Bertz CT molecular complexity index is 575. The monoisotopic (exact) mass is 264 g/mol. The quantitative estimate of drug-likeness (QED) is 0.895. The molecule has 2 rings (SSSR count). The fourth-order valence-electron chi connectivity index (χ4n) is 1.51. The summed E-state index contributed by atoms with van der Waals surface area (Å²) < 4.78 is 1.46. The van der Waals surface area contributed by atoms with Gasteiger partial charge in [-0.15, -0.1) is 11.3 Å². The van der Waals surface area contributed by atoms with Gasteiger partial charge in [0, 0.05) is 23.7 Å². The summed E-state index contributed by atoms with van der Waals surface area (Å²) in [5.74, 6) is 0. The van der Waals surface area contributed by atoms with Crippen LogP contribution >= 0.6 is 11.3 Å². The van der Waals surface area contributed by atoms with E-state index in [-0.39, 0.29) is 5.56 Å². The van der Waals surface area contributed by atoms with Crippen LogP contribution in [0, 0.1) is 6.92 Å². The minimum Gasteiger partial charge on any atom is -0.362 e. The summed E-state index contributed by atoms with van der Waals surface area (Å²) in [7, 11) is 0. The molecular formula is C12H16N4OS. The summed E-state index contributed by atoms with van der Waals surface area (Å²) >= 11 is 1.56. The topological polar surface area (TPSA) is 59.8 Å². The van der Waals surface area contributed by atoms with Crippen LogP contribution in [0.1, 0.15) is 23.9 Å². The van der Waals surface area contributed by atoms with Crippen LogP contribution in [0.3, 0.4) is 0 Å². The number of aromatic nitrogens is 3. The van der Waals surface area contributed by atoms with E-state index >= 15 is 0 Å². The average molecular weight is 264 g/mol. The van der Waals surface area contributed by atoms with Gasteiger partial charge in [-0.3, -0.25) is 4.79 Å². The summed E-state index contributed by atoms with van der Waals surface area (Å²) in [4.78, 5) is 16.9. The number of nitrogens with one attached hydrogen (secondary N) is 1. The zero-order chi connectivity index (χ0) is 13.0. The molecular weight excluding hydrogens is 248 g/mol. The lowest BCUT2D eigenvalue weighted by Crippen LogP contribution is -2.22. The molecule has 2 aromatic heterocycles. The molecule has 0 aromatic carbocycles. The van der Waals surface area contributed by atoms with E-state index in [1.54, 1.807) is 29.7 Å². The molecule has 0 aliphatic rings. The number of anilines is 1. The molecule has 2 aromatic rings. The smallest absolute Gasteiger partial charge is 0.267 e. The Labute approximate surface area is 110 Å². The van der Waals surface area contributed by atoms with Crippen molar-refractivity contribution in [3.05, 3.63) is 39.3 Å². The number of hydrogen-bond acceptors (Lipinski definition) is 5. The molecule has 5 nitrogen and oxygen atoms in total. The third-order valence-corrected chi connectivity index (χ3v) is 3.33. The number of aryl methyl sites for hydroxylation is 1. The highest BCUT2D eigenvalue weighted by molar-refractivity contribution is 7.15. The molecule has 0 atom stereocenters. The summed E-state index contributed by atoms with van der Waals surface area (Å²) in [6, 6.07) is 3.26. The second-order valence-corrected chi connectivity index (χ2v) is 5.14. The number of nitrogens with zero attached hydrogens (tertiary/aromatic N) is 3. The van der Waals surface area contributed by atoms with E-state index in [0.717, 1.165) is 28.7 Å². The van der Waals surface area contributed by atoms with Crippen LogP contribution in [0.5, 0.6) is 0 Å². The molecule has 0 radical (unpaired) electrons. The van der Waals surface area contributed by atoms with Crippen LogP contribution < -0.4 is 10.9 Å². The first-order valence-corrected chi connectivity index (χ1v) is 6.74. The van der Waals surface area contributed by atoms with Crippen LogP contribution in [0.15, 0.2) is 23.1 Å². The first kappa shape index (κ1) is 12.8. The van der Waals surface area contributed by atoms with Gasteiger partial charge in [0.2, 0.25) is 0 Å². The summed E-state index contributed by atoms with van der Waals surface area (Å²) in [5, 5.41) is 8.32. The van der Waals surface area contributed by atoms with E-state index < -0.39 is 0 Å². The number of hydrogen-bond donors (Lipinski definition) is 1. The summed E-state index contributed by atoms with van der Waals surface area (Å²) in [6.07, 6.45) is 2.85. The van der Waals surface area contributed by atoms with Gasteiger partial charge in [0.05, 0.1) is 12.2 Å². The van der Waals surface area contributed by atoms with Gasteiger partial charge in [-0.25, -0.2) is 9.67 Å². The highest BCUT2D eigenvalue weighted by Crippen LogP contribution is 2.18. The van der Waals surface area contributed by atoms with Crippen molar-refractivity contribution in [2.45, 2.75) is 26.8 Å². The molecule has 0 fully saturated rings. The van der Waals surface area contributed by atoms with E-state index in [9.17, 15) is 4.79 Å². The van der Waals surface area contributed by atoms with E-state index in [2.05, 4.69) is 22.3 Å². The van der Waals surface area contributed by atoms with Crippen LogP contribution in [0.2, 0.25) is 0 Å². The van der Waals surface area contributed by atoms with Gasteiger partial charge < -0.3 is 5.32 Å². The van der Waals surface area contributed by atoms with Gasteiger partial charge >= 0.3 is 0 Å². The molecule has 0 spiro atoms. The van der Waals surface area contributed by atoms with Crippen molar-refractivity contribution in [1.29, 1.82) is 0 Å².